The number of hydrogen-bond donors (Lipinski definition) is 3. The van der Waals surface area contributed by atoms with Gasteiger partial charge in [-0.05, 0) is 44.5 Å². The van der Waals surface area contributed by atoms with Crippen molar-refractivity contribution in [2.45, 2.75) is 74.1 Å². The fraction of sp³-hybridized carbons (Fsp3) is 0.452. The Morgan fingerprint density at radius 2 is 1.93 bits per heavy atom. The van der Waals surface area contributed by atoms with Crippen LogP contribution in [0.2, 0.25) is 0 Å². The molecule has 1 aromatic heterocycles. The second-order valence-corrected chi connectivity index (χ2v) is 17.2. The number of hydrogen-bond acceptors (Lipinski definition) is 15. The third-order valence-electron chi connectivity index (χ3n) is 12.9. The third kappa shape index (κ3) is 4.85. The number of nitriles is 1. The predicted molar refractivity (Wildman–Crippen MR) is 206 cm³/mol. The number of aliphatic hydroxyl groups excluding tert-OH is 1. The molecule has 3 N–H and O–H groups in total. The molecule has 3 aromatic carbocycles. The van der Waals surface area contributed by atoms with Crippen molar-refractivity contribution in [3.63, 3.8) is 0 Å². The van der Waals surface area contributed by atoms with E-state index in [1.165, 1.54) is 25.8 Å². The van der Waals surface area contributed by atoms with Crippen molar-refractivity contribution in [1.82, 2.24) is 15.1 Å². The summed E-state index contributed by atoms with van der Waals surface area (Å²) in [6.45, 7) is 4.84. The number of esters is 2. The molecule has 15 heteroatoms. The molecule has 14 nitrogen and oxygen atoms in total. The van der Waals surface area contributed by atoms with E-state index in [2.05, 4.69) is 21.2 Å². The topological polar surface area (TPSA) is 176 Å². The molecule has 57 heavy (non-hydrogen) atoms. The highest BCUT2D eigenvalue weighted by Gasteiger charge is 2.64. The van der Waals surface area contributed by atoms with Crippen LogP contribution in [0.4, 0.5) is 0 Å². The summed E-state index contributed by atoms with van der Waals surface area (Å²) in [5, 5.41) is 38.0. The number of fused-ring (bicyclic) bond motifs is 8. The lowest BCUT2D eigenvalue weighted by Crippen LogP contribution is -2.69. The summed E-state index contributed by atoms with van der Waals surface area (Å²) in [4.78, 5) is 32.3. The van der Waals surface area contributed by atoms with Gasteiger partial charge in [0.15, 0.2) is 28.5 Å². The first-order valence-electron chi connectivity index (χ1n) is 19.1. The summed E-state index contributed by atoms with van der Waals surface area (Å²) in [6, 6.07) is 9.96. The van der Waals surface area contributed by atoms with Gasteiger partial charge in [0.25, 0.3) is 0 Å². The molecule has 4 aromatic rings. The van der Waals surface area contributed by atoms with Crippen LogP contribution in [0.15, 0.2) is 34.7 Å². The number of phenolic OH excluding ortho intramolecular Hbond substituents is 1. The van der Waals surface area contributed by atoms with Crippen LogP contribution >= 0.6 is 11.8 Å². The van der Waals surface area contributed by atoms with E-state index in [1.54, 1.807) is 0 Å². The zero-order valence-electron chi connectivity index (χ0n) is 32.1. The molecule has 0 saturated carbocycles. The maximum Gasteiger partial charge on any atom is 0.335 e. The third-order valence-corrected chi connectivity index (χ3v) is 14.3. The average Bonchev–Trinajstić information content (AvgIpc) is 3.78. The first-order valence-corrected chi connectivity index (χ1v) is 20.1. The summed E-state index contributed by atoms with van der Waals surface area (Å²) < 4.78 is 37.3. The minimum atomic E-state index is -1.54. The fourth-order valence-corrected chi connectivity index (χ4v) is 12.5. The van der Waals surface area contributed by atoms with Crippen molar-refractivity contribution in [3.8, 4) is 34.8 Å². The first-order chi connectivity index (χ1) is 27.5. The van der Waals surface area contributed by atoms with Gasteiger partial charge in [0.2, 0.25) is 6.79 Å². The van der Waals surface area contributed by atoms with Gasteiger partial charge < -0.3 is 38.3 Å². The molecule has 4 bridgehead atoms. The molecule has 9 heterocycles. The summed E-state index contributed by atoms with van der Waals surface area (Å²) in [5.74, 6) is 0.945. The van der Waals surface area contributed by atoms with Gasteiger partial charge in [0.1, 0.15) is 29.2 Å². The van der Waals surface area contributed by atoms with Crippen LogP contribution in [-0.4, -0.2) is 96.0 Å². The lowest BCUT2D eigenvalue weighted by Gasteiger charge is -2.60. The van der Waals surface area contributed by atoms with Crippen molar-refractivity contribution in [3.05, 3.63) is 75.0 Å². The molecule has 2 saturated heterocycles. The number of nitrogens with one attached hydrogen (secondary N) is 1. The van der Waals surface area contributed by atoms with Gasteiger partial charge >= 0.3 is 11.9 Å². The zero-order valence-corrected chi connectivity index (χ0v) is 33.0. The van der Waals surface area contributed by atoms with Crippen LogP contribution in [0.25, 0.3) is 11.0 Å². The number of aromatic hydroxyl groups is 1. The molecule has 0 aliphatic carbocycles. The van der Waals surface area contributed by atoms with Gasteiger partial charge in [-0.1, -0.05) is 24.3 Å². The monoisotopic (exact) mass is 794 g/mol. The number of nitrogens with zero attached hydrogens (tertiary/aromatic N) is 3. The highest BCUT2D eigenvalue weighted by Crippen LogP contribution is 2.65. The zero-order chi connectivity index (χ0) is 39.7. The van der Waals surface area contributed by atoms with E-state index in [-0.39, 0.29) is 37.9 Å². The number of aryl methyl sites for hydroxylation is 1. The molecule has 8 aliphatic rings. The number of para-hydroxylation sites is 1. The average molecular weight is 795 g/mol. The Balaban J connectivity index is 1.27. The number of furan rings is 1. The number of phenols is 1. The van der Waals surface area contributed by atoms with Gasteiger partial charge in [0.05, 0.1) is 37.1 Å². The number of carbonyl (C=O) groups is 2. The number of likely N-dealkylation sites (N-methyl/N-ethyl adjacent to an activating group) is 1. The Kier molecular flexibility index (Phi) is 8.14. The van der Waals surface area contributed by atoms with Gasteiger partial charge in [-0.2, -0.15) is 5.26 Å². The Morgan fingerprint density at radius 3 is 2.68 bits per heavy atom. The summed E-state index contributed by atoms with van der Waals surface area (Å²) in [6.07, 6.45) is 0.696. The van der Waals surface area contributed by atoms with Gasteiger partial charge in [-0.15, -0.1) is 11.8 Å². The molecule has 3 unspecified atom stereocenters. The van der Waals surface area contributed by atoms with Gasteiger partial charge in [-0.3, -0.25) is 19.9 Å². The van der Waals surface area contributed by atoms with Gasteiger partial charge in [-0.25, -0.2) is 4.79 Å². The maximum absolute atomic E-state index is 15.0. The second-order valence-electron chi connectivity index (χ2n) is 16.1. The number of thioether (sulfide) groups is 1. The molecule has 0 radical (unpaired) electrons. The van der Waals surface area contributed by atoms with E-state index in [4.69, 9.17) is 28.1 Å². The Morgan fingerprint density at radius 1 is 1.14 bits per heavy atom. The summed E-state index contributed by atoms with van der Waals surface area (Å²) in [5.41, 5.74) is 2.81. The molecule has 8 aliphatic heterocycles. The number of carbonyl (C=O) groups excluding carboxylic acids is 2. The number of aliphatic hydroxyl groups is 1. The number of piperazine rings is 1. The summed E-state index contributed by atoms with van der Waals surface area (Å²) in [7, 11) is 3.49. The number of benzene rings is 3. The fourth-order valence-electron chi connectivity index (χ4n) is 10.8. The Bertz CT molecular complexity index is 2460. The quantitative estimate of drug-likeness (QED) is 0.197. The van der Waals surface area contributed by atoms with Crippen LogP contribution in [0, 0.1) is 25.2 Å². The molecular weight excluding hydrogens is 753 g/mol. The van der Waals surface area contributed by atoms with Crippen molar-refractivity contribution in [2.75, 3.05) is 46.5 Å². The Hall–Kier alpha value is -4.98. The largest absolute Gasteiger partial charge is 0.504 e. The smallest absolute Gasteiger partial charge is 0.335 e. The molecule has 8 atom stereocenters. The number of ether oxygens (including phenoxy) is 5. The maximum atomic E-state index is 15.0. The number of rotatable bonds is 3. The van der Waals surface area contributed by atoms with E-state index in [0.29, 0.717) is 69.6 Å². The molecule has 2 fully saturated rings. The van der Waals surface area contributed by atoms with Crippen molar-refractivity contribution >= 4 is 34.7 Å². The standard InChI is InChI=1S/C42H42N4O10S/c1-19-10-22-12-41(15-43)16-45(4)31(28(22)33(49)34(19)51-5)32-38-30-29(37-36(53-18-54-37)20(2)35(30)55-21(3)48)26(46(32)41)14-52-40(50)42(17-57-38)39-25(11-23(13-47)44-42)24-8-6-7-9-27(24)56-39/h6-10,23,26,31-32,38,44,47,49H,11-14,16-18H2,1-5H3/t23-,26-,31?,32+,38+,41?,42+/m0/s1. The molecule has 0 amide bonds. The van der Waals surface area contributed by atoms with E-state index < -0.39 is 52.4 Å². The predicted octanol–water partition coefficient (Wildman–Crippen LogP) is 4.38. The lowest BCUT2D eigenvalue weighted by atomic mass is 9.76. The minimum absolute atomic E-state index is 0.00904. The van der Waals surface area contributed by atoms with E-state index in [1.807, 2.05) is 51.2 Å². The van der Waals surface area contributed by atoms with Crippen LogP contribution < -0.4 is 24.3 Å². The van der Waals surface area contributed by atoms with Crippen LogP contribution in [-0.2, 0) is 32.7 Å². The van der Waals surface area contributed by atoms with Crippen molar-refractivity contribution in [2.24, 2.45) is 0 Å². The van der Waals surface area contributed by atoms with Crippen molar-refractivity contribution in [1.29, 1.82) is 5.26 Å². The van der Waals surface area contributed by atoms with E-state index in [9.17, 15) is 20.3 Å². The normalized spacial score (nSPS) is 30.8. The molecule has 296 valence electrons. The molecular formula is C42H42N4O10S. The van der Waals surface area contributed by atoms with Crippen LogP contribution in [0.1, 0.15) is 69.0 Å². The minimum Gasteiger partial charge on any atom is -0.504 e. The van der Waals surface area contributed by atoms with E-state index in [0.717, 1.165) is 22.1 Å². The SMILES string of the molecule is COc1c(C)cc2c(c1O)C1[C@@H]3[C@@H]4SC[C@]5(N[C@H](CO)Cc6c5oc5ccccc65)C(=O)OC[C@@H](c5c6c(c(C)c(OC(C)=O)c54)OCO6)N3C(C#N)(C2)CN1C. The van der Waals surface area contributed by atoms with Crippen molar-refractivity contribution < 1.29 is 47.9 Å². The Labute approximate surface area is 332 Å². The molecule has 12 rings (SSSR count). The van der Waals surface area contributed by atoms with E-state index >= 15 is 4.79 Å². The highest BCUT2D eigenvalue weighted by molar-refractivity contribution is 7.99. The highest BCUT2D eigenvalue weighted by atomic mass is 32.2. The van der Waals surface area contributed by atoms with Crippen LogP contribution in [0.5, 0.6) is 28.7 Å². The van der Waals surface area contributed by atoms with Gasteiger partial charge in [0, 0.05) is 70.9 Å². The van der Waals surface area contributed by atoms with Crippen LogP contribution in [0.3, 0.4) is 0 Å². The second kappa shape index (κ2) is 12.8. The number of methoxy groups -OCH3 is 1. The summed E-state index contributed by atoms with van der Waals surface area (Å²) >= 11 is 1.45. The first kappa shape index (κ1) is 36.4. The molecule has 1 spiro atoms. The lowest BCUT2D eigenvalue weighted by molar-refractivity contribution is -0.159.